The molecule has 0 unspecified atom stereocenters. The molecule has 0 aliphatic heterocycles. The number of rotatable bonds is 2. The summed E-state index contributed by atoms with van der Waals surface area (Å²) in [4.78, 5) is 0. The van der Waals surface area contributed by atoms with Crippen LogP contribution in [-0.2, 0) is 0 Å². The lowest BCUT2D eigenvalue weighted by atomic mass is 10.3. The molecule has 0 saturated heterocycles. The number of hydrogen-bond donors (Lipinski definition) is 0. The summed E-state index contributed by atoms with van der Waals surface area (Å²) >= 11 is 4.74. The van der Waals surface area contributed by atoms with Crippen LogP contribution in [-0.4, -0.2) is 8.86 Å². The van der Waals surface area contributed by atoms with Gasteiger partial charge in [0.05, 0.1) is 0 Å². The van der Waals surface area contributed by atoms with E-state index in [1.807, 2.05) is 0 Å². The van der Waals surface area contributed by atoms with Crippen molar-refractivity contribution in [3.05, 3.63) is 5.92 Å². The SMILES string of the molecule is C[C](CI)CI. The lowest BCUT2D eigenvalue weighted by molar-refractivity contribution is 1.17. The standard InChI is InChI=1S/C4H7I2/c1-4(2-5)3-6/h2-3H2,1H3. The predicted octanol–water partition coefficient (Wildman–Crippen LogP) is 2.45. The topological polar surface area (TPSA) is 0 Å². The van der Waals surface area contributed by atoms with Crippen LogP contribution in [0.2, 0.25) is 0 Å². The Morgan fingerprint density at radius 3 is 1.67 bits per heavy atom. The van der Waals surface area contributed by atoms with Gasteiger partial charge >= 0.3 is 0 Å². The zero-order valence-corrected chi connectivity index (χ0v) is 7.99. The van der Waals surface area contributed by atoms with Crippen molar-refractivity contribution < 1.29 is 0 Å². The normalized spacial score (nSPS) is 10.0. The Bertz CT molecular complexity index is 24.7. The average molecular weight is 309 g/mol. The van der Waals surface area contributed by atoms with E-state index in [2.05, 4.69) is 52.1 Å². The third-order valence-electron chi connectivity index (χ3n) is 0.456. The Hall–Kier alpha value is 1.46. The van der Waals surface area contributed by atoms with Crippen LogP contribution >= 0.6 is 45.2 Å². The van der Waals surface area contributed by atoms with Crippen molar-refractivity contribution in [3.8, 4) is 0 Å². The summed E-state index contributed by atoms with van der Waals surface area (Å²) in [5, 5.41) is 0. The van der Waals surface area contributed by atoms with E-state index >= 15 is 0 Å². The Balaban J connectivity index is 2.75. The second-order valence-electron chi connectivity index (χ2n) is 1.22. The molecule has 0 rings (SSSR count). The van der Waals surface area contributed by atoms with Crippen molar-refractivity contribution >= 4 is 45.2 Å². The zero-order chi connectivity index (χ0) is 4.99. The van der Waals surface area contributed by atoms with Crippen LogP contribution < -0.4 is 0 Å². The fourth-order valence-electron chi connectivity index (χ4n) is 0.0357. The van der Waals surface area contributed by atoms with E-state index in [9.17, 15) is 0 Å². The van der Waals surface area contributed by atoms with Gasteiger partial charge in [-0.15, -0.1) is 0 Å². The molecular formula is C4H7I2. The van der Waals surface area contributed by atoms with Crippen LogP contribution in [0.25, 0.3) is 0 Å². The van der Waals surface area contributed by atoms with Crippen molar-refractivity contribution in [3.63, 3.8) is 0 Å². The number of hydrogen-bond acceptors (Lipinski definition) is 0. The summed E-state index contributed by atoms with van der Waals surface area (Å²) < 4.78 is 2.42. The predicted molar refractivity (Wildman–Crippen MR) is 46.7 cm³/mol. The Morgan fingerprint density at radius 2 is 1.67 bits per heavy atom. The summed E-state index contributed by atoms with van der Waals surface area (Å²) in [6.45, 7) is 2.18. The van der Waals surface area contributed by atoms with E-state index in [1.165, 1.54) is 8.86 Å². The van der Waals surface area contributed by atoms with Crippen molar-refractivity contribution in [2.75, 3.05) is 8.86 Å². The van der Waals surface area contributed by atoms with Crippen LogP contribution in [0.3, 0.4) is 0 Å². The van der Waals surface area contributed by atoms with Gasteiger partial charge in [-0.2, -0.15) is 0 Å². The largest absolute Gasteiger partial charge is 0.0857 e. The van der Waals surface area contributed by atoms with Crippen LogP contribution in [0.1, 0.15) is 6.92 Å². The van der Waals surface area contributed by atoms with Crippen LogP contribution in [0.15, 0.2) is 0 Å². The minimum Gasteiger partial charge on any atom is -0.0857 e. The molecule has 0 N–H and O–H groups in total. The minimum absolute atomic E-state index is 1.21. The first-order valence-corrected chi connectivity index (χ1v) is 4.79. The van der Waals surface area contributed by atoms with Crippen LogP contribution in [0.5, 0.6) is 0 Å². The molecule has 0 fully saturated rings. The molecule has 6 heavy (non-hydrogen) atoms. The van der Waals surface area contributed by atoms with Crippen molar-refractivity contribution in [2.24, 2.45) is 0 Å². The quantitative estimate of drug-likeness (QED) is 0.543. The first kappa shape index (κ1) is 7.46. The van der Waals surface area contributed by atoms with E-state index in [4.69, 9.17) is 0 Å². The lowest BCUT2D eigenvalue weighted by Gasteiger charge is -1.95. The fraction of sp³-hybridized carbons (Fsp3) is 0.750. The van der Waals surface area contributed by atoms with Gasteiger partial charge in [0.2, 0.25) is 0 Å². The second-order valence-corrected chi connectivity index (χ2v) is 2.75. The maximum atomic E-state index is 2.37. The lowest BCUT2D eigenvalue weighted by Crippen LogP contribution is -1.90. The van der Waals surface area contributed by atoms with E-state index in [1.54, 1.807) is 5.92 Å². The molecule has 0 amide bonds. The van der Waals surface area contributed by atoms with Crippen LogP contribution in [0.4, 0.5) is 0 Å². The fourth-order valence-corrected chi connectivity index (χ4v) is 1.61. The molecule has 0 aromatic rings. The van der Waals surface area contributed by atoms with Gasteiger partial charge in [-0.3, -0.25) is 0 Å². The van der Waals surface area contributed by atoms with E-state index < -0.39 is 0 Å². The molecule has 1 radical (unpaired) electrons. The third kappa shape index (κ3) is 3.64. The number of alkyl halides is 2. The van der Waals surface area contributed by atoms with Crippen LogP contribution in [0, 0.1) is 5.92 Å². The average Bonchev–Trinajstić information content (AvgIpc) is 1.65. The van der Waals surface area contributed by atoms with Crippen molar-refractivity contribution in [1.82, 2.24) is 0 Å². The van der Waals surface area contributed by atoms with Gasteiger partial charge in [-0.25, -0.2) is 0 Å². The van der Waals surface area contributed by atoms with Gasteiger partial charge in [0.1, 0.15) is 0 Å². The Morgan fingerprint density at radius 1 is 1.33 bits per heavy atom. The molecule has 0 aliphatic carbocycles. The maximum Gasteiger partial charge on any atom is 0.00624 e. The summed E-state index contributed by atoms with van der Waals surface area (Å²) in [6.07, 6.45) is 0. The maximum absolute atomic E-state index is 2.37. The molecular weight excluding hydrogens is 302 g/mol. The van der Waals surface area contributed by atoms with E-state index in [-0.39, 0.29) is 0 Å². The molecule has 0 aliphatic rings. The van der Waals surface area contributed by atoms with Gasteiger partial charge in [0, 0.05) is 8.86 Å². The molecule has 0 aromatic carbocycles. The molecule has 0 heterocycles. The van der Waals surface area contributed by atoms with Crippen molar-refractivity contribution in [2.45, 2.75) is 6.92 Å². The van der Waals surface area contributed by atoms with Gasteiger partial charge < -0.3 is 0 Å². The zero-order valence-electron chi connectivity index (χ0n) is 3.67. The molecule has 0 bridgehead atoms. The molecule has 0 aromatic heterocycles. The highest BCUT2D eigenvalue weighted by atomic mass is 127. The highest BCUT2D eigenvalue weighted by molar-refractivity contribution is 14.1. The van der Waals surface area contributed by atoms with E-state index in [0.29, 0.717) is 0 Å². The van der Waals surface area contributed by atoms with Gasteiger partial charge in [0.25, 0.3) is 0 Å². The first-order valence-electron chi connectivity index (χ1n) is 1.74. The molecule has 2 heteroatoms. The van der Waals surface area contributed by atoms with E-state index in [0.717, 1.165) is 0 Å². The highest BCUT2D eigenvalue weighted by Gasteiger charge is 1.92. The number of halogens is 2. The van der Waals surface area contributed by atoms with Gasteiger partial charge in [0.15, 0.2) is 0 Å². The second kappa shape index (κ2) is 4.61. The summed E-state index contributed by atoms with van der Waals surface area (Å²) in [5.41, 5.74) is 0. The summed E-state index contributed by atoms with van der Waals surface area (Å²) in [7, 11) is 0. The monoisotopic (exact) mass is 309 g/mol. The molecule has 0 spiro atoms. The van der Waals surface area contributed by atoms with Gasteiger partial charge in [-0.1, -0.05) is 52.1 Å². The molecule has 0 nitrogen and oxygen atoms in total. The summed E-state index contributed by atoms with van der Waals surface area (Å²) in [6, 6.07) is 0. The third-order valence-corrected chi connectivity index (χ3v) is 3.06. The highest BCUT2D eigenvalue weighted by Crippen LogP contribution is 2.05. The Labute approximate surface area is 66.4 Å². The smallest absolute Gasteiger partial charge is 0.00624 e. The Kier molecular flexibility index (Phi) is 5.74. The molecule has 0 saturated carbocycles. The first-order chi connectivity index (χ1) is 2.81. The van der Waals surface area contributed by atoms with Gasteiger partial charge in [-0.05, 0) is 5.92 Å². The summed E-state index contributed by atoms with van der Waals surface area (Å²) in [5.74, 6) is 1.57. The molecule has 37 valence electrons. The molecule has 0 atom stereocenters. The minimum atomic E-state index is 1.21. The van der Waals surface area contributed by atoms with Crippen molar-refractivity contribution in [1.29, 1.82) is 0 Å².